The highest BCUT2D eigenvalue weighted by Crippen LogP contribution is 2.10. The van der Waals surface area contributed by atoms with E-state index in [1.165, 1.54) is 16.1 Å². The van der Waals surface area contributed by atoms with Crippen LogP contribution in [0.3, 0.4) is 0 Å². The van der Waals surface area contributed by atoms with Crippen LogP contribution in [0.1, 0.15) is 33.1 Å². The second-order valence-electron chi connectivity index (χ2n) is 5.44. The molecule has 0 saturated heterocycles. The number of H-pyrrole nitrogens is 1. The molecule has 0 aliphatic rings. The molecular weight excluding hydrogens is 368 g/mol. The normalized spacial score (nSPS) is 12.5. The van der Waals surface area contributed by atoms with E-state index >= 15 is 0 Å². The zero-order valence-electron chi connectivity index (χ0n) is 13.3. The van der Waals surface area contributed by atoms with E-state index < -0.39 is 5.69 Å². The Morgan fingerprint density at radius 2 is 2.09 bits per heavy atom. The number of rotatable bonds is 6. The Labute approximate surface area is 140 Å². The first-order valence-electron chi connectivity index (χ1n) is 7.33. The van der Waals surface area contributed by atoms with E-state index in [9.17, 15) is 14.4 Å². The fourth-order valence-electron chi connectivity index (χ4n) is 2.46. The first-order chi connectivity index (χ1) is 10.8. The van der Waals surface area contributed by atoms with Crippen molar-refractivity contribution in [2.75, 3.05) is 0 Å². The molecule has 2 rings (SSSR count). The van der Waals surface area contributed by atoms with Gasteiger partial charge in [-0.25, -0.2) is 9.78 Å². The lowest BCUT2D eigenvalue weighted by Crippen LogP contribution is -2.39. The van der Waals surface area contributed by atoms with Crippen molar-refractivity contribution in [2.45, 2.75) is 45.8 Å². The number of nitrogens with zero attached hydrogens (tertiary/aromatic N) is 3. The lowest BCUT2D eigenvalue weighted by Gasteiger charge is -2.12. The van der Waals surface area contributed by atoms with Crippen molar-refractivity contribution in [1.82, 2.24) is 19.1 Å². The summed E-state index contributed by atoms with van der Waals surface area (Å²) in [6, 6.07) is 0. The van der Waals surface area contributed by atoms with E-state index in [1.54, 1.807) is 7.05 Å². The van der Waals surface area contributed by atoms with E-state index in [-0.39, 0.29) is 17.6 Å². The predicted molar refractivity (Wildman–Crippen MR) is 88.4 cm³/mol. The maximum atomic E-state index is 12.4. The number of aromatic amines is 1. The van der Waals surface area contributed by atoms with Gasteiger partial charge in [-0.2, -0.15) is 0 Å². The fourth-order valence-corrected chi connectivity index (χ4v) is 2.83. The zero-order chi connectivity index (χ0) is 17.1. The number of fused-ring (bicyclic) bond motifs is 1. The van der Waals surface area contributed by atoms with Crippen LogP contribution in [0.2, 0.25) is 0 Å². The summed E-state index contributed by atoms with van der Waals surface area (Å²) in [5, 5.41) is 0. The van der Waals surface area contributed by atoms with Gasteiger partial charge < -0.3 is 9.72 Å². The van der Waals surface area contributed by atoms with Crippen molar-refractivity contribution in [3.63, 3.8) is 0 Å². The highest BCUT2D eigenvalue weighted by Gasteiger charge is 2.14. The van der Waals surface area contributed by atoms with Gasteiger partial charge in [0.15, 0.2) is 15.9 Å². The Morgan fingerprint density at radius 1 is 1.39 bits per heavy atom. The number of imidazole rings is 1. The summed E-state index contributed by atoms with van der Waals surface area (Å²) < 4.78 is 7.99. The van der Waals surface area contributed by atoms with Gasteiger partial charge in [-0.15, -0.1) is 0 Å². The van der Waals surface area contributed by atoms with Gasteiger partial charge in [0, 0.05) is 20.5 Å². The third kappa shape index (κ3) is 3.90. The first kappa shape index (κ1) is 17.5. The average molecular weight is 387 g/mol. The quantitative estimate of drug-likeness (QED) is 0.458. The molecule has 0 spiro atoms. The second kappa shape index (κ2) is 7.12. The van der Waals surface area contributed by atoms with Gasteiger partial charge in [0.05, 0.1) is 6.10 Å². The molecule has 0 radical (unpaired) electrons. The molecule has 2 aromatic rings. The number of nitrogens with one attached hydrogen (secondary N) is 1. The van der Waals surface area contributed by atoms with Crippen LogP contribution in [0.15, 0.2) is 14.3 Å². The van der Waals surface area contributed by atoms with Crippen LogP contribution in [0.5, 0.6) is 0 Å². The molecule has 0 aliphatic carbocycles. The number of hydrogen-bond donors (Lipinski definition) is 1. The number of halogens is 1. The number of esters is 1. The molecular formula is C14H19BrN4O4. The average Bonchev–Trinajstić information content (AvgIpc) is 2.85. The molecule has 0 unspecified atom stereocenters. The number of unbranched alkanes of at least 4 members (excludes halogenated alkanes) is 1. The van der Waals surface area contributed by atoms with E-state index in [0.29, 0.717) is 35.3 Å². The van der Waals surface area contributed by atoms with Crippen LogP contribution in [-0.2, 0) is 23.1 Å². The molecule has 23 heavy (non-hydrogen) atoms. The van der Waals surface area contributed by atoms with Crippen LogP contribution in [0.4, 0.5) is 0 Å². The highest BCUT2D eigenvalue weighted by molar-refractivity contribution is 9.10. The summed E-state index contributed by atoms with van der Waals surface area (Å²) in [6.45, 7) is 3.50. The second-order valence-corrected chi connectivity index (χ2v) is 6.19. The van der Waals surface area contributed by atoms with Crippen molar-refractivity contribution >= 4 is 33.1 Å². The summed E-state index contributed by atoms with van der Waals surface area (Å²) in [5.74, 6) is -0.308. The van der Waals surface area contributed by atoms with Crippen molar-refractivity contribution in [2.24, 2.45) is 7.05 Å². The maximum absolute atomic E-state index is 12.4. The molecule has 0 aliphatic heterocycles. The SMILES string of the molecule is CC(=O)O[C@H](C)CCCCn1c(=O)c2[nH]c(Br)nc2n(C)c1=O. The largest absolute Gasteiger partial charge is 0.463 e. The van der Waals surface area contributed by atoms with Crippen molar-refractivity contribution < 1.29 is 9.53 Å². The lowest BCUT2D eigenvalue weighted by atomic mass is 10.2. The smallest absolute Gasteiger partial charge is 0.332 e. The minimum Gasteiger partial charge on any atom is -0.463 e. The van der Waals surface area contributed by atoms with Crippen LogP contribution in [0.25, 0.3) is 11.2 Å². The standard InChI is InChI=1S/C14H19BrN4O4/c1-8(23-9(2)20)6-4-5-7-19-12(21)10-11(17-13(15)16-10)18(3)14(19)22/h8H,4-7H2,1-3H3,(H,16,17)/t8-/m1/s1. The third-order valence-electron chi connectivity index (χ3n) is 3.56. The van der Waals surface area contributed by atoms with Gasteiger partial charge >= 0.3 is 11.7 Å². The Balaban J connectivity index is 2.10. The fraction of sp³-hybridized carbons (Fsp3) is 0.571. The summed E-state index contributed by atoms with van der Waals surface area (Å²) in [7, 11) is 1.58. The minimum atomic E-state index is -0.394. The van der Waals surface area contributed by atoms with E-state index in [1.807, 2.05) is 6.92 Å². The summed E-state index contributed by atoms with van der Waals surface area (Å²) in [4.78, 5) is 42.4. The topological polar surface area (TPSA) is 99.0 Å². The maximum Gasteiger partial charge on any atom is 0.332 e. The zero-order valence-corrected chi connectivity index (χ0v) is 14.8. The third-order valence-corrected chi connectivity index (χ3v) is 3.94. The van der Waals surface area contributed by atoms with E-state index in [0.717, 1.165) is 6.42 Å². The summed E-state index contributed by atoms with van der Waals surface area (Å²) >= 11 is 3.17. The molecule has 0 amide bonds. The number of hydrogen-bond acceptors (Lipinski definition) is 5. The molecule has 2 heterocycles. The molecule has 1 N–H and O–H groups in total. The van der Waals surface area contributed by atoms with E-state index in [2.05, 4.69) is 25.9 Å². The highest BCUT2D eigenvalue weighted by atomic mass is 79.9. The number of aromatic nitrogens is 4. The van der Waals surface area contributed by atoms with Crippen LogP contribution in [0, 0.1) is 0 Å². The Bertz CT molecular complexity index is 836. The Morgan fingerprint density at radius 3 is 2.74 bits per heavy atom. The molecule has 126 valence electrons. The van der Waals surface area contributed by atoms with Gasteiger partial charge in [0.25, 0.3) is 5.56 Å². The van der Waals surface area contributed by atoms with Crippen LogP contribution >= 0.6 is 15.9 Å². The molecule has 0 fully saturated rings. The lowest BCUT2D eigenvalue weighted by molar-refractivity contribution is -0.145. The van der Waals surface area contributed by atoms with Crippen molar-refractivity contribution in [1.29, 1.82) is 0 Å². The van der Waals surface area contributed by atoms with Gasteiger partial charge in [0.2, 0.25) is 0 Å². The monoisotopic (exact) mass is 386 g/mol. The number of carbonyl (C=O) groups is 1. The molecule has 0 bridgehead atoms. The Hall–Kier alpha value is -1.90. The number of ether oxygens (including phenoxy) is 1. The van der Waals surface area contributed by atoms with E-state index in [4.69, 9.17) is 4.74 Å². The number of aryl methyl sites for hydroxylation is 1. The van der Waals surface area contributed by atoms with Gasteiger partial charge in [-0.05, 0) is 42.1 Å². The molecule has 0 saturated carbocycles. The van der Waals surface area contributed by atoms with Crippen molar-refractivity contribution in [3.05, 3.63) is 25.6 Å². The Kier molecular flexibility index (Phi) is 5.40. The molecule has 2 aromatic heterocycles. The number of carbonyl (C=O) groups excluding carboxylic acids is 1. The summed E-state index contributed by atoms with van der Waals surface area (Å²) in [5.41, 5.74) is -0.150. The van der Waals surface area contributed by atoms with Crippen LogP contribution in [-0.4, -0.2) is 31.2 Å². The molecule has 1 atom stereocenters. The molecule has 9 heteroatoms. The molecule has 0 aromatic carbocycles. The van der Waals surface area contributed by atoms with Gasteiger partial charge in [-0.1, -0.05) is 0 Å². The summed E-state index contributed by atoms with van der Waals surface area (Å²) in [6.07, 6.45) is 1.90. The van der Waals surface area contributed by atoms with Gasteiger partial charge in [-0.3, -0.25) is 18.7 Å². The molecule has 8 nitrogen and oxygen atoms in total. The first-order valence-corrected chi connectivity index (χ1v) is 8.12. The van der Waals surface area contributed by atoms with Crippen LogP contribution < -0.4 is 11.2 Å². The minimum absolute atomic E-state index is 0.168. The predicted octanol–water partition coefficient (Wildman–Crippen LogP) is 1.31. The van der Waals surface area contributed by atoms with Gasteiger partial charge in [0.1, 0.15) is 0 Å². The van der Waals surface area contributed by atoms with Crippen molar-refractivity contribution in [3.8, 4) is 0 Å².